The van der Waals surface area contributed by atoms with E-state index in [2.05, 4.69) is 10.3 Å². The van der Waals surface area contributed by atoms with Gasteiger partial charge >= 0.3 is 0 Å². The van der Waals surface area contributed by atoms with Gasteiger partial charge in [0, 0.05) is 6.54 Å². The van der Waals surface area contributed by atoms with Gasteiger partial charge in [0.05, 0.1) is 0 Å². The molecule has 0 aliphatic rings. The summed E-state index contributed by atoms with van der Waals surface area (Å²) in [7, 11) is -2.48. The topological polar surface area (TPSA) is 58.2 Å². The molecule has 0 unspecified atom stereocenters. The molecular weight excluding hydrogens is 140 g/mol. The van der Waals surface area contributed by atoms with E-state index >= 15 is 0 Å². The lowest BCUT2D eigenvalue weighted by Gasteiger charge is -1.96. The molecule has 0 fully saturated rings. The first kappa shape index (κ1) is 8.87. The van der Waals surface area contributed by atoms with Gasteiger partial charge in [0.15, 0.2) is 0 Å². The maximum Gasteiger partial charge on any atom is 0.214 e. The number of thiol groups is 1. The summed E-state index contributed by atoms with van der Waals surface area (Å²) in [6.07, 6.45) is 2.04. The molecule has 2 N–H and O–H groups in total. The lowest BCUT2D eigenvalue weighted by atomic mass is 10.3. The van der Waals surface area contributed by atoms with Crippen molar-refractivity contribution in [2.24, 2.45) is 0 Å². The van der Waals surface area contributed by atoms with Crippen molar-refractivity contribution in [2.75, 3.05) is 6.54 Å². The number of hydrazine groups is 1. The third kappa shape index (κ3) is 7.87. The number of hydrogen-bond acceptors (Lipinski definition) is 3. The van der Waals surface area contributed by atoms with E-state index in [1.807, 2.05) is 6.92 Å². The molecular formula is C4H12N2O2S. The lowest BCUT2D eigenvalue weighted by Crippen LogP contribution is -2.30. The smallest absolute Gasteiger partial charge is 0.214 e. The Kier molecular flexibility index (Phi) is 5.91. The number of nitrogens with one attached hydrogen (secondary N) is 2. The van der Waals surface area contributed by atoms with E-state index in [-0.39, 0.29) is 0 Å². The monoisotopic (exact) mass is 152 g/mol. The molecule has 0 saturated carbocycles. The first-order chi connectivity index (χ1) is 4.27. The van der Waals surface area contributed by atoms with E-state index in [0.29, 0.717) is 6.54 Å². The van der Waals surface area contributed by atoms with Gasteiger partial charge in [0.25, 0.3) is 0 Å². The van der Waals surface area contributed by atoms with Crippen LogP contribution in [0.4, 0.5) is 0 Å². The fraction of sp³-hybridized carbons (Fsp3) is 1.00. The molecule has 0 bridgehead atoms. The van der Waals surface area contributed by atoms with E-state index < -0.39 is 10.9 Å². The van der Waals surface area contributed by atoms with Gasteiger partial charge in [0.2, 0.25) is 10.9 Å². The highest BCUT2D eigenvalue weighted by molar-refractivity contribution is 7.70. The molecule has 0 aromatic carbocycles. The van der Waals surface area contributed by atoms with Crippen LogP contribution in [-0.4, -0.2) is 15.0 Å². The average molecular weight is 152 g/mol. The highest BCUT2D eigenvalue weighted by Crippen LogP contribution is 1.79. The molecule has 0 radical (unpaired) electrons. The molecule has 0 aromatic heterocycles. The van der Waals surface area contributed by atoms with Crippen LogP contribution in [0.15, 0.2) is 0 Å². The van der Waals surface area contributed by atoms with Crippen LogP contribution in [0.5, 0.6) is 0 Å². The van der Waals surface area contributed by atoms with Crippen LogP contribution < -0.4 is 10.3 Å². The average Bonchev–Trinajstić information content (AvgIpc) is 1.80. The van der Waals surface area contributed by atoms with Crippen LogP contribution in [0.3, 0.4) is 0 Å². The first-order valence-electron chi connectivity index (χ1n) is 2.90. The molecule has 0 aliphatic heterocycles. The quantitative estimate of drug-likeness (QED) is 0.280. The van der Waals surface area contributed by atoms with Gasteiger partial charge in [-0.25, -0.2) is 13.8 Å². The summed E-state index contributed by atoms with van der Waals surface area (Å²) in [5.74, 6) is 0. The fourth-order valence-electron chi connectivity index (χ4n) is 0.386. The van der Waals surface area contributed by atoms with E-state index in [1.165, 1.54) is 0 Å². The van der Waals surface area contributed by atoms with Crippen LogP contribution in [0, 0.1) is 0 Å². The molecule has 0 heterocycles. The largest absolute Gasteiger partial charge is 0.244 e. The Labute approximate surface area is 56.7 Å². The lowest BCUT2D eigenvalue weighted by molar-refractivity contribution is 0.566. The molecule has 0 saturated heterocycles. The van der Waals surface area contributed by atoms with Crippen molar-refractivity contribution in [3.8, 4) is 0 Å². The third-order valence-corrected chi connectivity index (χ3v) is 1.17. The van der Waals surface area contributed by atoms with Gasteiger partial charge < -0.3 is 0 Å². The second-order valence-electron chi connectivity index (χ2n) is 1.65. The summed E-state index contributed by atoms with van der Waals surface area (Å²) >= 11 is 0. The van der Waals surface area contributed by atoms with Crippen molar-refractivity contribution < 1.29 is 8.42 Å². The highest BCUT2D eigenvalue weighted by atomic mass is 32.2. The van der Waals surface area contributed by atoms with Crippen LogP contribution in [0.1, 0.15) is 19.8 Å². The number of unbranched alkanes of at least 4 members (excludes halogenated alkanes) is 1. The van der Waals surface area contributed by atoms with Gasteiger partial charge in [-0.2, -0.15) is 4.83 Å². The second-order valence-corrected chi connectivity index (χ2v) is 2.39. The van der Waals surface area contributed by atoms with E-state index in [0.717, 1.165) is 12.8 Å². The van der Waals surface area contributed by atoms with Crippen molar-refractivity contribution in [1.82, 2.24) is 10.3 Å². The van der Waals surface area contributed by atoms with Crippen LogP contribution in [0.25, 0.3) is 0 Å². The van der Waals surface area contributed by atoms with Crippen LogP contribution in [-0.2, 0) is 10.9 Å². The maximum atomic E-state index is 9.83. The van der Waals surface area contributed by atoms with Gasteiger partial charge in [-0.1, -0.05) is 13.3 Å². The van der Waals surface area contributed by atoms with E-state index in [4.69, 9.17) is 0 Å². The fourth-order valence-corrected chi connectivity index (χ4v) is 0.627. The van der Waals surface area contributed by atoms with Crippen molar-refractivity contribution in [1.29, 1.82) is 0 Å². The normalized spacial score (nSPS) is 10.4. The molecule has 56 valence electrons. The Morgan fingerprint density at radius 1 is 1.44 bits per heavy atom. The predicted molar refractivity (Wildman–Crippen MR) is 36.4 cm³/mol. The first-order valence-corrected chi connectivity index (χ1v) is 4.08. The standard InChI is InChI=1S/C4H12N2O2S/c1-2-3-4-5-6-9(7)8/h5,9H,2-4H2,1H3,(H,6,7,8). The van der Waals surface area contributed by atoms with Gasteiger partial charge in [0.1, 0.15) is 0 Å². The molecule has 5 heteroatoms. The van der Waals surface area contributed by atoms with Crippen molar-refractivity contribution >= 4 is 10.9 Å². The van der Waals surface area contributed by atoms with Gasteiger partial charge in [-0.15, -0.1) is 0 Å². The van der Waals surface area contributed by atoms with Gasteiger partial charge in [-0.05, 0) is 6.42 Å². The minimum atomic E-state index is -2.48. The molecule has 0 atom stereocenters. The Morgan fingerprint density at radius 2 is 2.11 bits per heavy atom. The van der Waals surface area contributed by atoms with Crippen LogP contribution >= 0.6 is 0 Å². The predicted octanol–water partition coefficient (Wildman–Crippen LogP) is -0.593. The maximum absolute atomic E-state index is 9.83. The molecule has 0 rings (SSSR count). The zero-order chi connectivity index (χ0) is 7.11. The summed E-state index contributed by atoms with van der Waals surface area (Å²) in [6.45, 7) is 2.73. The summed E-state index contributed by atoms with van der Waals surface area (Å²) in [6, 6.07) is 0. The minimum Gasteiger partial charge on any atom is -0.244 e. The van der Waals surface area contributed by atoms with Gasteiger partial charge in [-0.3, -0.25) is 0 Å². The third-order valence-electron chi connectivity index (χ3n) is 0.826. The molecule has 9 heavy (non-hydrogen) atoms. The van der Waals surface area contributed by atoms with Crippen molar-refractivity contribution in [2.45, 2.75) is 19.8 Å². The zero-order valence-corrected chi connectivity index (χ0v) is 6.28. The zero-order valence-electron chi connectivity index (χ0n) is 5.39. The van der Waals surface area contributed by atoms with E-state index in [9.17, 15) is 8.42 Å². The second kappa shape index (κ2) is 6.00. The summed E-state index contributed by atoms with van der Waals surface area (Å²) in [4.78, 5) is 2.08. The number of hydrogen-bond donors (Lipinski definition) is 3. The minimum absolute atomic E-state index is 0.694. The Bertz CT molecular complexity index is 116. The molecule has 0 aliphatic carbocycles. The highest BCUT2D eigenvalue weighted by Gasteiger charge is 1.82. The Morgan fingerprint density at radius 3 is 2.56 bits per heavy atom. The summed E-state index contributed by atoms with van der Waals surface area (Å²) < 4.78 is 19.7. The molecule has 0 amide bonds. The summed E-state index contributed by atoms with van der Waals surface area (Å²) in [5.41, 5.74) is 2.54. The summed E-state index contributed by atoms with van der Waals surface area (Å²) in [5, 5.41) is 0. The Hall–Kier alpha value is -0.130. The van der Waals surface area contributed by atoms with Crippen molar-refractivity contribution in [3.63, 3.8) is 0 Å². The molecule has 0 spiro atoms. The SMILES string of the molecule is CCCCNN[SH](=O)=O. The molecule has 0 aromatic rings. The van der Waals surface area contributed by atoms with Crippen molar-refractivity contribution in [3.05, 3.63) is 0 Å². The molecule has 4 nitrogen and oxygen atoms in total. The Balaban J connectivity index is 2.92. The van der Waals surface area contributed by atoms with E-state index in [1.54, 1.807) is 0 Å². The van der Waals surface area contributed by atoms with Crippen LogP contribution in [0.2, 0.25) is 0 Å². The number of rotatable bonds is 5.